The highest BCUT2D eigenvalue weighted by molar-refractivity contribution is 9.10. The van der Waals surface area contributed by atoms with Crippen LogP contribution >= 0.6 is 15.9 Å². The van der Waals surface area contributed by atoms with Crippen molar-refractivity contribution in [3.05, 3.63) is 34.3 Å². The van der Waals surface area contributed by atoms with Crippen LogP contribution in [0.5, 0.6) is 0 Å². The molecule has 2 saturated heterocycles. The van der Waals surface area contributed by atoms with Gasteiger partial charge >= 0.3 is 0 Å². The van der Waals surface area contributed by atoms with Gasteiger partial charge in [0.05, 0.1) is 19.3 Å². The van der Waals surface area contributed by atoms with Crippen LogP contribution in [0.4, 0.5) is 0 Å². The molecule has 0 bridgehead atoms. The number of hydrogen-bond acceptors (Lipinski definition) is 3. The van der Waals surface area contributed by atoms with Gasteiger partial charge in [-0.1, -0.05) is 34.5 Å². The van der Waals surface area contributed by atoms with Crippen molar-refractivity contribution in [2.24, 2.45) is 0 Å². The minimum Gasteiger partial charge on any atom is -0.378 e. The Morgan fingerprint density at radius 3 is 2.82 bits per heavy atom. The molecule has 2 aliphatic heterocycles. The van der Waals surface area contributed by atoms with Crippen molar-refractivity contribution in [1.29, 1.82) is 0 Å². The molecule has 0 aliphatic carbocycles. The molecule has 1 aromatic carbocycles. The molecule has 120 valence electrons. The van der Waals surface area contributed by atoms with Crippen LogP contribution in [-0.2, 0) is 16.1 Å². The van der Waals surface area contributed by atoms with Crippen molar-refractivity contribution in [2.45, 2.75) is 31.8 Å². The van der Waals surface area contributed by atoms with Gasteiger partial charge in [0.1, 0.15) is 0 Å². The molecule has 1 unspecified atom stereocenters. The average molecular weight is 367 g/mol. The van der Waals surface area contributed by atoms with Gasteiger partial charge in [-0.15, -0.1) is 0 Å². The van der Waals surface area contributed by atoms with E-state index in [4.69, 9.17) is 4.74 Å². The summed E-state index contributed by atoms with van der Waals surface area (Å²) in [6, 6.07) is 8.41. The maximum Gasteiger partial charge on any atom is 0.240 e. The van der Waals surface area contributed by atoms with Gasteiger partial charge in [0.2, 0.25) is 5.91 Å². The molecule has 0 N–H and O–H groups in total. The Morgan fingerprint density at radius 1 is 1.23 bits per heavy atom. The van der Waals surface area contributed by atoms with E-state index in [1.807, 2.05) is 11.0 Å². The van der Waals surface area contributed by atoms with Crippen LogP contribution in [-0.4, -0.2) is 54.6 Å². The first-order valence-electron chi connectivity index (χ1n) is 8.09. The minimum atomic E-state index is 0.0332. The van der Waals surface area contributed by atoms with E-state index >= 15 is 0 Å². The van der Waals surface area contributed by atoms with E-state index in [0.29, 0.717) is 13.2 Å². The fraction of sp³-hybridized carbons (Fsp3) is 0.588. The zero-order valence-corrected chi connectivity index (χ0v) is 14.4. The molecule has 4 nitrogen and oxygen atoms in total. The standard InChI is InChI=1S/C17H23BrN2O2/c18-15-5-3-4-14(12-15)13-20-7-2-1-6-16(20)17(21)19-8-10-22-11-9-19/h3-5,12,16H,1-2,6-11,13H2. The Hall–Kier alpha value is -0.910. The number of rotatable bonds is 3. The molecule has 0 aromatic heterocycles. The minimum absolute atomic E-state index is 0.0332. The predicted molar refractivity (Wildman–Crippen MR) is 89.6 cm³/mol. The summed E-state index contributed by atoms with van der Waals surface area (Å²) in [5.74, 6) is 0.290. The van der Waals surface area contributed by atoms with E-state index in [2.05, 4.69) is 39.0 Å². The molecule has 22 heavy (non-hydrogen) atoms. The van der Waals surface area contributed by atoms with Gasteiger partial charge in [-0.3, -0.25) is 9.69 Å². The number of carbonyl (C=O) groups excluding carboxylic acids is 1. The molecular weight excluding hydrogens is 344 g/mol. The summed E-state index contributed by atoms with van der Waals surface area (Å²) in [6.45, 7) is 4.67. The van der Waals surface area contributed by atoms with Crippen molar-refractivity contribution in [3.63, 3.8) is 0 Å². The first kappa shape index (κ1) is 16.0. The maximum atomic E-state index is 12.8. The van der Waals surface area contributed by atoms with Gasteiger partial charge in [0.15, 0.2) is 0 Å². The van der Waals surface area contributed by atoms with Crippen molar-refractivity contribution in [3.8, 4) is 0 Å². The Labute approximate surface area is 140 Å². The normalized spacial score (nSPS) is 23.5. The molecule has 0 saturated carbocycles. The molecule has 0 spiro atoms. The zero-order valence-electron chi connectivity index (χ0n) is 12.8. The Bertz CT molecular complexity index is 517. The zero-order chi connectivity index (χ0) is 15.4. The van der Waals surface area contributed by atoms with E-state index in [9.17, 15) is 4.79 Å². The van der Waals surface area contributed by atoms with E-state index in [-0.39, 0.29) is 11.9 Å². The second-order valence-electron chi connectivity index (χ2n) is 6.05. The molecule has 1 aromatic rings. The van der Waals surface area contributed by atoms with Crippen LogP contribution in [0.15, 0.2) is 28.7 Å². The summed E-state index contributed by atoms with van der Waals surface area (Å²) < 4.78 is 6.46. The fourth-order valence-electron chi connectivity index (χ4n) is 3.32. The number of amides is 1. The lowest BCUT2D eigenvalue weighted by atomic mass is 9.99. The monoisotopic (exact) mass is 366 g/mol. The van der Waals surface area contributed by atoms with Crippen molar-refractivity contribution >= 4 is 21.8 Å². The number of morpholine rings is 1. The lowest BCUT2D eigenvalue weighted by molar-refractivity contribution is -0.142. The SMILES string of the molecule is O=C(C1CCCCN1Cc1cccc(Br)c1)N1CCOCC1. The number of piperidine rings is 1. The van der Waals surface area contributed by atoms with Gasteiger partial charge in [-0.2, -0.15) is 0 Å². The maximum absolute atomic E-state index is 12.8. The lowest BCUT2D eigenvalue weighted by Gasteiger charge is -2.38. The molecule has 5 heteroatoms. The van der Waals surface area contributed by atoms with Crippen LogP contribution in [0, 0.1) is 0 Å². The molecule has 2 fully saturated rings. The molecular formula is C17H23BrN2O2. The van der Waals surface area contributed by atoms with Gasteiger partial charge in [-0.05, 0) is 37.1 Å². The molecule has 2 heterocycles. The number of carbonyl (C=O) groups is 1. The number of ether oxygens (including phenoxy) is 1. The highest BCUT2D eigenvalue weighted by atomic mass is 79.9. The summed E-state index contributed by atoms with van der Waals surface area (Å²) in [4.78, 5) is 17.2. The fourth-order valence-corrected chi connectivity index (χ4v) is 3.77. The van der Waals surface area contributed by atoms with Crippen molar-refractivity contribution in [2.75, 3.05) is 32.8 Å². The summed E-state index contributed by atoms with van der Waals surface area (Å²) in [6.07, 6.45) is 3.31. The molecule has 1 atom stereocenters. The topological polar surface area (TPSA) is 32.8 Å². The third-order valence-corrected chi connectivity index (χ3v) is 4.99. The molecule has 0 radical (unpaired) electrons. The number of likely N-dealkylation sites (tertiary alicyclic amines) is 1. The van der Waals surface area contributed by atoms with Crippen LogP contribution in [0.2, 0.25) is 0 Å². The van der Waals surface area contributed by atoms with Gasteiger partial charge in [-0.25, -0.2) is 0 Å². The molecule has 3 rings (SSSR count). The van der Waals surface area contributed by atoms with Crippen molar-refractivity contribution < 1.29 is 9.53 Å². The van der Waals surface area contributed by atoms with E-state index in [1.54, 1.807) is 0 Å². The number of hydrogen-bond donors (Lipinski definition) is 0. The lowest BCUT2D eigenvalue weighted by Crippen LogP contribution is -2.53. The van der Waals surface area contributed by atoms with E-state index < -0.39 is 0 Å². The summed E-state index contributed by atoms with van der Waals surface area (Å²) in [5, 5.41) is 0. The van der Waals surface area contributed by atoms with Gasteiger partial charge in [0, 0.05) is 24.1 Å². The van der Waals surface area contributed by atoms with Crippen LogP contribution in [0.3, 0.4) is 0 Å². The smallest absolute Gasteiger partial charge is 0.240 e. The second kappa shape index (κ2) is 7.57. The molecule has 1 amide bonds. The average Bonchev–Trinajstić information content (AvgIpc) is 2.56. The Morgan fingerprint density at radius 2 is 2.05 bits per heavy atom. The van der Waals surface area contributed by atoms with Crippen LogP contribution in [0.1, 0.15) is 24.8 Å². The summed E-state index contributed by atoms with van der Waals surface area (Å²) in [7, 11) is 0. The Kier molecular flexibility index (Phi) is 5.50. The highest BCUT2D eigenvalue weighted by Gasteiger charge is 2.32. The number of nitrogens with zero attached hydrogens (tertiary/aromatic N) is 2. The second-order valence-corrected chi connectivity index (χ2v) is 6.97. The molecule has 2 aliphatic rings. The van der Waals surface area contributed by atoms with Gasteiger partial charge in [0.25, 0.3) is 0 Å². The first-order chi connectivity index (χ1) is 10.7. The highest BCUT2D eigenvalue weighted by Crippen LogP contribution is 2.23. The van der Waals surface area contributed by atoms with E-state index in [1.165, 1.54) is 12.0 Å². The summed E-state index contributed by atoms with van der Waals surface area (Å²) >= 11 is 3.53. The quantitative estimate of drug-likeness (QED) is 0.824. The predicted octanol–water partition coefficient (Wildman–Crippen LogP) is 2.66. The van der Waals surface area contributed by atoms with E-state index in [0.717, 1.165) is 43.5 Å². The summed E-state index contributed by atoms with van der Waals surface area (Å²) in [5.41, 5.74) is 1.26. The largest absolute Gasteiger partial charge is 0.378 e. The van der Waals surface area contributed by atoms with Crippen molar-refractivity contribution in [1.82, 2.24) is 9.80 Å². The third-order valence-electron chi connectivity index (χ3n) is 4.50. The Balaban J connectivity index is 1.69. The first-order valence-corrected chi connectivity index (χ1v) is 8.88. The van der Waals surface area contributed by atoms with Crippen LogP contribution < -0.4 is 0 Å². The number of halogens is 1. The van der Waals surface area contributed by atoms with Gasteiger partial charge < -0.3 is 9.64 Å². The third kappa shape index (κ3) is 3.89. The number of benzene rings is 1. The van der Waals surface area contributed by atoms with Crippen LogP contribution in [0.25, 0.3) is 0 Å².